The maximum Gasteiger partial charge on any atom is 0.244 e. The van der Waals surface area contributed by atoms with Crippen molar-refractivity contribution in [1.82, 2.24) is 9.80 Å². The fourth-order valence-electron chi connectivity index (χ4n) is 5.82. The van der Waals surface area contributed by atoms with Crippen molar-refractivity contribution in [2.45, 2.75) is 37.8 Å². The highest BCUT2D eigenvalue weighted by Crippen LogP contribution is 2.42. The predicted molar refractivity (Wildman–Crippen MR) is 99.7 cm³/mol. The van der Waals surface area contributed by atoms with Crippen LogP contribution in [0.4, 0.5) is 5.69 Å². The van der Waals surface area contributed by atoms with Crippen LogP contribution in [-0.4, -0.2) is 60.5 Å². The van der Waals surface area contributed by atoms with Crippen LogP contribution in [0.5, 0.6) is 0 Å². The third-order valence-electron chi connectivity index (χ3n) is 7.07. The van der Waals surface area contributed by atoms with Gasteiger partial charge in [-0.15, -0.1) is 0 Å². The highest BCUT2D eigenvalue weighted by atomic mass is 16.2. The fraction of sp³-hybridized carbons (Fsp3) is 0.619. The summed E-state index contributed by atoms with van der Waals surface area (Å²) in [6, 6.07) is 10.4. The zero-order valence-electron chi connectivity index (χ0n) is 15.2. The van der Waals surface area contributed by atoms with Gasteiger partial charge in [-0.05, 0) is 61.9 Å². The van der Waals surface area contributed by atoms with Gasteiger partial charge in [0.25, 0.3) is 0 Å². The topological polar surface area (TPSA) is 50.6 Å². The third kappa shape index (κ3) is 2.55. The molecule has 0 radical (unpaired) electrons. The molecule has 4 atom stereocenters. The standard InChI is InChI=1S/C21H26N4O/c22-11-15-4-6-17(7-5-15)25-10-8-20(21(25)26)24-13-16-12-23-9-2-1-3-19(23)18(16)14-24/h4-7,16,18-20H,1-3,8-10,12-14H2/t16-,18+,19+,20-/m0/s1. The molecular formula is C21H26N4O. The predicted octanol–water partition coefficient (Wildman–Crippen LogP) is 2.08. The van der Waals surface area contributed by atoms with Crippen LogP contribution in [-0.2, 0) is 4.79 Å². The number of hydrogen-bond donors (Lipinski definition) is 0. The summed E-state index contributed by atoms with van der Waals surface area (Å²) in [5.41, 5.74) is 1.57. The van der Waals surface area contributed by atoms with Gasteiger partial charge in [-0.3, -0.25) is 14.6 Å². The van der Waals surface area contributed by atoms with Crippen LogP contribution < -0.4 is 4.90 Å². The number of nitriles is 1. The van der Waals surface area contributed by atoms with Crippen LogP contribution in [0.15, 0.2) is 24.3 Å². The van der Waals surface area contributed by atoms with E-state index in [1.165, 1.54) is 32.4 Å². The molecule has 0 bridgehead atoms. The minimum Gasteiger partial charge on any atom is -0.311 e. The summed E-state index contributed by atoms with van der Waals surface area (Å²) in [5.74, 6) is 1.78. The Labute approximate surface area is 155 Å². The number of amides is 1. The van der Waals surface area contributed by atoms with Crippen molar-refractivity contribution in [3.63, 3.8) is 0 Å². The number of anilines is 1. The number of carbonyl (C=O) groups excluding carboxylic acids is 1. The molecule has 1 amide bonds. The molecular weight excluding hydrogens is 324 g/mol. The first-order chi connectivity index (χ1) is 12.7. The lowest BCUT2D eigenvalue weighted by Gasteiger charge is -2.34. The van der Waals surface area contributed by atoms with E-state index in [1.807, 2.05) is 17.0 Å². The molecule has 5 heteroatoms. The molecule has 0 saturated carbocycles. The van der Waals surface area contributed by atoms with Crippen molar-refractivity contribution in [3.05, 3.63) is 29.8 Å². The highest BCUT2D eigenvalue weighted by Gasteiger charge is 2.50. The number of hydrogen-bond acceptors (Lipinski definition) is 4. The number of carbonyl (C=O) groups is 1. The van der Waals surface area contributed by atoms with Crippen molar-refractivity contribution in [1.29, 1.82) is 5.26 Å². The smallest absolute Gasteiger partial charge is 0.244 e. The monoisotopic (exact) mass is 350 g/mol. The van der Waals surface area contributed by atoms with Crippen LogP contribution >= 0.6 is 0 Å². The SMILES string of the molecule is N#Cc1ccc(N2CC[C@H](N3C[C@@H]4CN5CCCC[C@@H]5[C@@H]4C3)C2=O)cc1. The summed E-state index contributed by atoms with van der Waals surface area (Å²) in [5, 5.41) is 8.95. The Morgan fingerprint density at radius 1 is 0.962 bits per heavy atom. The molecule has 26 heavy (non-hydrogen) atoms. The van der Waals surface area contributed by atoms with Crippen molar-refractivity contribution < 1.29 is 4.79 Å². The molecule has 0 aliphatic carbocycles. The van der Waals surface area contributed by atoms with Crippen molar-refractivity contribution in [2.75, 3.05) is 37.6 Å². The molecule has 1 aromatic carbocycles. The van der Waals surface area contributed by atoms with E-state index >= 15 is 0 Å². The van der Waals surface area contributed by atoms with Crippen molar-refractivity contribution in [2.24, 2.45) is 11.8 Å². The number of nitrogens with zero attached hydrogens (tertiary/aromatic N) is 4. The van der Waals surface area contributed by atoms with Gasteiger partial charge < -0.3 is 4.90 Å². The van der Waals surface area contributed by atoms with Crippen LogP contribution in [0.3, 0.4) is 0 Å². The lowest BCUT2D eigenvalue weighted by molar-refractivity contribution is -0.121. The van der Waals surface area contributed by atoms with E-state index in [-0.39, 0.29) is 11.9 Å². The fourth-order valence-corrected chi connectivity index (χ4v) is 5.82. The Morgan fingerprint density at radius 2 is 1.77 bits per heavy atom. The van der Waals surface area contributed by atoms with E-state index < -0.39 is 0 Å². The molecule has 4 fully saturated rings. The third-order valence-corrected chi connectivity index (χ3v) is 7.07. The number of fused-ring (bicyclic) bond motifs is 3. The van der Waals surface area contributed by atoms with Crippen molar-refractivity contribution in [3.8, 4) is 6.07 Å². The molecule has 5 nitrogen and oxygen atoms in total. The Kier molecular flexibility index (Phi) is 3.99. The molecule has 1 aromatic rings. The summed E-state index contributed by atoms with van der Waals surface area (Å²) in [4.78, 5) is 20.2. The Hall–Kier alpha value is -1.90. The number of benzene rings is 1. The second-order valence-electron chi connectivity index (χ2n) is 8.39. The highest BCUT2D eigenvalue weighted by molar-refractivity contribution is 5.99. The minimum absolute atomic E-state index is 0.0493. The van der Waals surface area contributed by atoms with Gasteiger partial charge in [0.1, 0.15) is 0 Å². The zero-order valence-corrected chi connectivity index (χ0v) is 15.2. The Bertz CT molecular complexity index is 739. The Morgan fingerprint density at radius 3 is 2.58 bits per heavy atom. The molecule has 4 saturated heterocycles. The average Bonchev–Trinajstić information content (AvgIpc) is 3.34. The lowest BCUT2D eigenvalue weighted by Crippen LogP contribution is -2.44. The van der Waals surface area contributed by atoms with Gasteiger partial charge in [-0.25, -0.2) is 0 Å². The molecule has 0 N–H and O–H groups in total. The summed E-state index contributed by atoms with van der Waals surface area (Å²) in [6.45, 7) is 5.51. The van der Waals surface area contributed by atoms with Crippen LogP contribution in [0.2, 0.25) is 0 Å². The van der Waals surface area contributed by atoms with Gasteiger partial charge in [0, 0.05) is 37.9 Å². The zero-order chi connectivity index (χ0) is 17.7. The molecule has 4 aliphatic rings. The van der Waals surface area contributed by atoms with Crippen LogP contribution in [0, 0.1) is 23.2 Å². The summed E-state index contributed by atoms with van der Waals surface area (Å²) < 4.78 is 0. The molecule has 0 unspecified atom stereocenters. The molecule has 0 spiro atoms. The average molecular weight is 350 g/mol. The minimum atomic E-state index is 0.0493. The van der Waals surface area contributed by atoms with Gasteiger partial charge >= 0.3 is 0 Å². The first-order valence-electron chi connectivity index (χ1n) is 10.0. The second kappa shape index (κ2) is 6.37. The van der Waals surface area contributed by atoms with Gasteiger partial charge in [0.2, 0.25) is 5.91 Å². The van der Waals surface area contributed by atoms with E-state index in [0.717, 1.165) is 49.6 Å². The van der Waals surface area contributed by atoms with E-state index in [0.29, 0.717) is 5.56 Å². The number of piperidine rings is 1. The number of rotatable bonds is 2. The summed E-state index contributed by atoms with van der Waals surface area (Å²) >= 11 is 0. The normalized spacial score (nSPS) is 34.7. The van der Waals surface area contributed by atoms with Gasteiger partial charge in [-0.2, -0.15) is 5.26 Å². The van der Waals surface area contributed by atoms with Crippen LogP contribution in [0.25, 0.3) is 0 Å². The first kappa shape index (κ1) is 16.3. The van der Waals surface area contributed by atoms with Gasteiger partial charge in [0.15, 0.2) is 0 Å². The Balaban J connectivity index is 1.27. The first-order valence-corrected chi connectivity index (χ1v) is 10.0. The molecule has 4 heterocycles. The van der Waals surface area contributed by atoms with Gasteiger partial charge in [-0.1, -0.05) is 6.42 Å². The molecule has 0 aromatic heterocycles. The summed E-state index contributed by atoms with van der Waals surface area (Å²) in [6.07, 6.45) is 5.01. The van der Waals surface area contributed by atoms with Crippen LogP contribution in [0.1, 0.15) is 31.2 Å². The molecule has 4 aliphatic heterocycles. The maximum atomic E-state index is 13.1. The quantitative estimate of drug-likeness (QED) is 0.819. The largest absolute Gasteiger partial charge is 0.311 e. The number of likely N-dealkylation sites (tertiary alicyclic amines) is 1. The molecule has 136 valence electrons. The maximum absolute atomic E-state index is 13.1. The van der Waals surface area contributed by atoms with E-state index in [4.69, 9.17) is 5.26 Å². The van der Waals surface area contributed by atoms with Gasteiger partial charge in [0.05, 0.1) is 17.7 Å². The van der Waals surface area contributed by atoms with E-state index in [1.54, 1.807) is 12.1 Å². The summed E-state index contributed by atoms with van der Waals surface area (Å²) in [7, 11) is 0. The molecule has 5 rings (SSSR count). The van der Waals surface area contributed by atoms with E-state index in [2.05, 4.69) is 15.9 Å². The van der Waals surface area contributed by atoms with E-state index in [9.17, 15) is 4.79 Å². The second-order valence-corrected chi connectivity index (χ2v) is 8.39. The lowest BCUT2D eigenvalue weighted by atomic mass is 9.90. The van der Waals surface area contributed by atoms with Crippen molar-refractivity contribution >= 4 is 11.6 Å².